The minimum absolute atomic E-state index is 0.277. The summed E-state index contributed by atoms with van der Waals surface area (Å²) in [6.07, 6.45) is 2.50. The number of amides is 1. The number of hydrogen-bond donors (Lipinski definition) is 0. The van der Waals surface area contributed by atoms with E-state index < -0.39 is 0 Å². The van der Waals surface area contributed by atoms with Crippen LogP contribution in [0, 0.1) is 0 Å². The molecule has 0 heterocycles. The molecule has 74 valence electrons. The first-order chi connectivity index (χ1) is 6.17. The molecule has 0 rings (SSSR count). The van der Waals surface area contributed by atoms with Crippen molar-refractivity contribution in [3.63, 3.8) is 0 Å². The maximum absolute atomic E-state index is 11.4. The van der Waals surface area contributed by atoms with Crippen LogP contribution in [0.4, 0.5) is 0 Å². The van der Waals surface area contributed by atoms with Crippen molar-refractivity contribution in [2.24, 2.45) is 0 Å². The van der Waals surface area contributed by atoms with Gasteiger partial charge in [0, 0.05) is 19.5 Å². The zero-order valence-electron chi connectivity index (χ0n) is 8.38. The first-order valence-electron chi connectivity index (χ1n) is 4.60. The molecule has 0 radical (unpaired) electrons. The molecule has 0 aromatic carbocycles. The summed E-state index contributed by atoms with van der Waals surface area (Å²) in [4.78, 5) is 24.1. The Labute approximate surface area is 79.4 Å². The second kappa shape index (κ2) is 6.40. The Balaban J connectivity index is 4.07. The standard InChI is InChI=1S/C10H17NO2/c1-4-7-8-9(12)10(13)11(5-2)6-3/h4H,1,5-8H2,2-3H3. The maximum atomic E-state index is 11.4. The van der Waals surface area contributed by atoms with Crippen LogP contribution in [0.25, 0.3) is 0 Å². The number of likely N-dealkylation sites (N-methyl/N-ethyl adjacent to an activating group) is 1. The van der Waals surface area contributed by atoms with Gasteiger partial charge >= 0.3 is 0 Å². The lowest BCUT2D eigenvalue weighted by Crippen LogP contribution is -2.36. The van der Waals surface area contributed by atoms with E-state index in [1.165, 1.54) is 4.90 Å². The van der Waals surface area contributed by atoms with Gasteiger partial charge in [-0.3, -0.25) is 9.59 Å². The molecule has 0 saturated carbocycles. The lowest BCUT2D eigenvalue weighted by Gasteiger charge is -2.16. The summed E-state index contributed by atoms with van der Waals surface area (Å²) < 4.78 is 0. The number of carbonyl (C=O) groups excluding carboxylic acids is 2. The Bertz CT molecular complexity index is 195. The van der Waals surface area contributed by atoms with E-state index in [1.54, 1.807) is 6.08 Å². The van der Waals surface area contributed by atoms with Gasteiger partial charge in [0.1, 0.15) is 0 Å². The third-order valence-electron chi connectivity index (χ3n) is 1.86. The summed E-state index contributed by atoms with van der Waals surface area (Å²) in [6.45, 7) is 8.41. The van der Waals surface area contributed by atoms with Crippen LogP contribution >= 0.6 is 0 Å². The van der Waals surface area contributed by atoms with Crippen LogP contribution in [0.15, 0.2) is 12.7 Å². The molecule has 0 aliphatic carbocycles. The third-order valence-corrected chi connectivity index (χ3v) is 1.86. The molecule has 0 bridgehead atoms. The summed E-state index contributed by atoms with van der Waals surface area (Å²) in [5.41, 5.74) is 0. The van der Waals surface area contributed by atoms with Crippen molar-refractivity contribution >= 4 is 11.7 Å². The van der Waals surface area contributed by atoms with Gasteiger partial charge in [-0.25, -0.2) is 0 Å². The van der Waals surface area contributed by atoms with Crippen LogP contribution < -0.4 is 0 Å². The molecular weight excluding hydrogens is 166 g/mol. The average molecular weight is 183 g/mol. The number of nitrogens with zero attached hydrogens (tertiary/aromatic N) is 1. The first-order valence-corrected chi connectivity index (χ1v) is 4.60. The molecule has 0 aromatic rings. The number of hydrogen-bond acceptors (Lipinski definition) is 2. The zero-order valence-corrected chi connectivity index (χ0v) is 8.38. The minimum Gasteiger partial charge on any atom is -0.337 e. The molecule has 13 heavy (non-hydrogen) atoms. The first kappa shape index (κ1) is 11.9. The Morgan fingerprint density at radius 3 is 2.23 bits per heavy atom. The third kappa shape index (κ3) is 3.87. The number of allylic oxidation sites excluding steroid dienone is 1. The van der Waals surface area contributed by atoms with Gasteiger partial charge < -0.3 is 4.90 Å². The van der Waals surface area contributed by atoms with Crippen molar-refractivity contribution in [1.29, 1.82) is 0 Å². The van der Waals surface area contributed by atoms with E-state index in [9.17, 15) is 9.59 Å². The van der Waals surface area contributed by atoms with Crippen LogP contribution in [0.3, 0.4) is 0 Å². The highest BCUT2D eigenvalue weighted by Gasteiger charge is 2.17. The van der Waals surface area contributed by atoms with E-state index in [1.807, 2.05) is 13.8 Å². The Hall–Kier alpha value is -1.12. The van der Waals surface area contributed by atoms with Gasteiger partial charge in [-0.2, -0.15) is 0 Å². The molecule has 1 amide bonds. The van der Waals surface area contributed by atoms with Crippen molar-refractivity contribution in [3.8, 4) is 0 Å². The van der Waals surface area contributed by atoms with Crippen LogP contribution in [0.2, 0.25) is 0 Å². The molecule has 3 heteroatoms. The molecule has 0 aliphatic heterocycles. The van der Waals surface area contributed by atoms with Crippen molar-refractivity contribution < 1.29 is 9.59 Å². The topological polar surface area (TPSA) is 37.4 Å². The summed E-state index contributed by atoms with van der Waals surface area (Å²) in [5, 5.41) is 0. The second-order valence-corrected chi connectivity index (χ2v) is 2.73. The number of Topliss-reactive ketones (excluding diaryl/α,β-unsaturated/α-hetero) is 1. The van der Waals surface area contributed by atoms with E-state index in [2.05, 4.69) is 6.58 Å². The highest BCUT2D eigenvalue weighted by Crippen LogP contribution is 1.97. The Morgan fingerprint density at radius 1 is 1.31 bits per heavy atom. The summed E-state index contributed by atoms with van der Waals surface area (Å²) in [7, 11) is 0. The van der Waals surface area contributed by atoms with Crippen LogP contribution in [-0.2, 0) is 9.59 Å². The monoisotopic (exact) mass is 183 g/mol. The van der Waals surface area contributed by atoms with Gasteiger partial charge in [0.05, 0.1) is 0 Å². The van der Waals surface area contributed by atoms with E-state index >= 15 is 0 Å². The molecule has 0 N–H and O–H groups in total. The fraction of sp³-hybridized carbons (Fsp3) is 0.600. The van der Waals surface area contributed by atoms with Gasteiger partial charge in [0.15, 0.2) is 0 Å². The molecule has 0 fully saturated rings. The average Bonchev–Trinajstić information content (AvgIpc) is 2.15. The lowest BCUT2D eigenvalue weighted by atomic mass is 10.2. The van der Waals surface area contributed by atoms with Crippen molar-refractivity contribution in [2.45, 2.75) is 26.7 Å². The largest absolute Gasteiger partial charge is 0.337 e. The van der Waals surface area contributed by atoms with Crippen molar-refractivity contribution in [1.82, 2.24) is 4.90 Å². The SMILES string of the molecule is C=CCCC(=O)C(=O)N(CC)CC. The number of ketones is 1. The molecule has 0 unspecified atom stereocenters. The molecule has 0 spiro atoms. The van der Waals surface area contributed by atoms with Gasteiger partial charge in [-0.15, -0.1) is 6.58 Å². The van der Waals surface area contributed by atoms with Gasteiger partial charge in [0.2, 0.25) is 5.78 Å². The predicted octanol–water partition coefficient (Wildman–Crippen LogP) is 1.39. The second-order valence-electron chi connectivity index (χ2n) is 2.73. The molecular formula is C10H17NO2. The van der Waals surface area contributed by atoms with Crippen LogP contribution in [0.1, 0.15) is 26.7 Å². The van der Waals surface area contributed by atoms with E-state index in [0.717, 1.165) is 0 Å². The fourth-order valence-electron chi connectivity index (χ4n) is 1.03. The summed E-state index contributed by atoms with van der Waals surface area (Å²) in [6, 6.07) is 0. The predicted molar refractivity (Wildman–Crippen MR) is 52.4 cm³/mol. The summed E-state index contributed by atoms with van der Waals surface area (Å²) in [5.74, 6) is -0.685. The van der Waals surface area contributed by atoms with Crippen LogP contribution in [-0.4, -0.2) is 29.7 Å². The van der Waals surface area contributed by atoms with Crippen molar-refractivity contribution in [3.05, 3.63) is 12.7 Å². The van der Waals surface area contributed by atoms with Crippen LogP contribution in [0.5, 0.6) is 0 Å². The van der Waals surface area contributed by atoms with Gasteiger partial charge in [-0.05, 0) is 20.3 Å². The molecule has 0 atom stereocenters. The normalized spacial score (nSPS) is 9.38. The highest BCUT2D eigenvalue weighted by molar-refractivity contribution is 6.36. The van der Waals surface area contributed by atoms with E-state index in [-0.39, 0.29) is 18.1 Å². The molecule has 0 saturated heterocycles. The highest BCUT2D eigenvalue weighted by atomic mass is 16.2. The maximum Gasteiger partial charge on any atom is 0.289 e. The molecule has 0 aliphatic rings. The summed E-state index contributed by atoms with van der Waals surface area (Å²) >= 11 is 0. The number of rotatable bonds is 6. The van der Waals surface area contributed by atoms with Crippen molar-refractivity contribution in [2.75, 3.05) is 13.1 Å². The smallest absolute Gasteiger partial charge is 0.289 e. The fourth-order valence-corrected chi connectivity index (χ4v) is 1.03. The minimum atomic E-state index is -0.369. The number of carbonyl (C=O) groups is 2. The Kier molecular flexibility index (Phi) is 5.85. The van der Waals surface area contributed by atoms with E-state index in [4.69, 9.17) is 0 Å². The van der Waals surface area contributed by atoms with Gasteiger partial charge in [-0.1, -0.05) is 6.08 Å². The Morgan fingerprint density at radius 2 is 1.85 bits per heavy atom. The quantitative estimate of drug-likeness (QED) is 0.461. The zero-order chi connectivity index (χ0) is 10.3. The lowest BCUT2D eigenvalue weighted by molar-refractivity contribution is -0.144. The van der Waals surface area contributed by atoms with E-state index in [0.29, 0.717) is 19.5 Å². The molecule has 3 nitrogen and oxygen atoms in total. The van der Waals surface area contributed by atoms with Gasteiger partial charge in [0.25, 0.3) is 5.91 Å². The molecule has 0 aromatic heterocycles.